The molecular weight excluding hydrogens is 140 g/mol. The third-order valence-electron chi connectivity index (χ3n) is 1.23. The maximum absolute atomic E-state index is 5.57. The molecule has 0 saturated heterocycles. The minimum absolute atomic E-state index is 0.674. The molecule has 2 heteroatoms. The van der Waals surface area contributed by atoms with E-state index in [2.05, 4.69) is 26.3 Å². The van der Waals surface area contributed by atoms with Crippen LogP contribution in [-0.4, -0.2) is 14.9 Å². The largest absolute Gasteiger partial charge is 0.413 e. The van der Waals surface area contributed by atoms with Crippen molar-refractivity contribution < 1.29 is 4.43 Å². The first kappa shape index (κ1) is 9.66. The monoisotopic (exact) mass is 156 g/mol. The zero-order chi connectivity index (χ0) is 8.04. The highest BCUT2D eigenvalue weighted by molar-refractivity contribution is 6.71. The van der Waals surface area contributed by atoms with Gasteiger partial charge in [0, 0.05) is 0 Å². The molecule has 0 aliphatic rings. The van der Waals surface area contributed by atoms with Crippen molar-refractivity contribution in [2.24, 2.45) is 0 Å². The minimum atomic E-state index is -1.41. The van der Waals surface area contributed by atoms with Gasteiger partial charge in [0.05, 0.1) is 6.61 Å². The summed E-state index contributed by atoms with van der Waals surface area (Å²) in [7, 11) is -1.41. The van der Waals surface area contributed by atoms with E-state index in [1.54, 1.807) is 6.08 Å². The summed E-state index contributed by atoms with van der Waals surface area (Å²) in [5.74, 6) is 0. The molecule has 0 N–H and O–H groups in total. The molecule has 0 aromatic rings. The summed E-state index contributed by atoms with van der Waals surface area (Å²) >= 11 is 0. The van der Waals surface area contributed by atoms with Gasteiger partial charge in [-0.3, -0.25) is 0 Å². The van der Waals surface area contributed by atoms with Crippen LogP contribution in [0.2, 0.25) is 19.1 Å². The van der Waals surface area contributed by atoms with Gasteiger partial charge in [0.1, 0.15) is 0 Å². The predicted molar refractivity (Wildman–Crippen MR) is 48.6 cm³/mol. The van der Waals surface area contributed by atoms with Gasteiger partial charge in [-0.25, -0.2) is 0 Å². The van der Waals surface area contributed by atoms with Crippen LogP contribution < -0.4 is 0 Å². The highest BCUT2D eigenvalue weighted by atomic mass is 28.4. The van der Waals surface area contributed by atoms with Crippen molar-refractivity contribution in [3.8, 4) is 0 Å². The lowest BCUT2D eigenvalue weighted by atomic mass is 10.7. The Morgan fingerprint density at radius 1 is 1.30 bits per heavy atom. The van der Waals surface area contributed by atoms with E-state index in [1.807, 2.05) is 6.08 Å². The fourth-order valence-corrected chi connectivity index (χ4v) is 2.07. The molecule has 0 spiro atoms. The molecule has 0 aromatic heterocycles. The van der Waals surface area contributed by atoms with Gasteiger partial charge >= 0.3 is 0 Å². The lowest BCUT2D eigenvalue weighted by molar-refractivity contribution is 0.355. The van der Waals surface area contributed by atoms with Crippen LogP contribution in [0.3, 0.4) is 0 Å². The molecule has 10 heavy (non-hydrogen) atoms. The second-order valence-corrected chi connectivity index (χ2v) is 7.07. The van der Waals surface area contributed by atoms with E-state index in [9.17, 15) is 0 Å². The highest BCUT2D eigenvalue weighted by Gasteiger charge is 2.18. The summed E-state index contributed by atoms with van der Waals surface area (Å²) in [6.07, 6.45) is 3.72. The van der Waals surface area contributed by atoms with Gasteiger partial charge in [-0.1, -0.05) is 12.2 Å². The molecule has 0 aromatic carbocycles. The van der Waals surface area contributed by atoms with E-state index in [-0.39, 0.29) is 0 Å². The summed E-state index contributed by atoms with van der Waals surface area (Å²) in [4.78, 5) is 0. The third-order valence-corrected chi connectivity index (χ3v) is 3.45. The molecule has 0 unspecified atom stereocenters. The van der Waals surface area contributed by atoms with Gasteiger partial charge in [0.2, 0.25) is 0 Å². The maximum atomic E-state index is 5.57. The molecule has 0 radical (unpaired) electrons. The average Bonchev–Trinajstić information content (AvgIpc) is 1.84. The number of allylic oxidation sites excluding steroid dienone is 1. The van der Waals surface area contributed by atoms with Gasteiger partial charge in [-0.15, -0.1) is 13.2 Å². The first-order valence-electron chi connectivity index (χ1n) is 3.48. The quantitative estimate of drug-likeness (QED) is 0.439. The molecule has 0 aliphatic carbocycles. The van der Waals surface area contributed by atoms with Gasteiger partial charge in [0.15, 0.2) is 8.32 Å². The Hall–Kier alpha value is -0.343. The number of hydrogen-bond donors (Lipinski definition) is 0. The van der Waals surface area contributed by atoms with Crippen LogP contribution in [0.4, 0.5) is 0 Å². The van der Waals surface area contributed by atoms with Crippen LogP contribution in [0, 0.1) is 0 Å². The lowest BCUT2D eigenvalue weighted by Crippen LogP contribution is -2.29. The average molecular weight is 156 g/mol. The van der Waals surface area contributed by atoms with Crippen molar-refractivity contribution >= 4 is 8.32 Å². The smallest absolute Gasteiger partial charge is 0.190 e. The number of hydrogen-bond acceptors (Lipinski definition) is 1. The Morgan fingerprint density at radius 2 is 1.90 bits per heavy atom. The van der Waals surface area contributed by atoms with E-state index < -0.39 is 8.32 Å². The predicted octanol–water partition coefficient (Wildman–Crippen LogP) is 2.58. The van der Waals surface area contributed by atoms with E-state index >= 15 is 0 Å². The van der Waals surface area contributed by atoms with Crippen molar-refractivity contribution in [1.82, 2.24) is 0 Å². The Balaban J connectivity index is 3.61. The van der Waals surface area contributed by atoms with Gasteiger partial charge in [0.25, 0.3) is 0 Å². The maximum Gasteiger partial charge on any atom is 0.190 e. The fourth-order valence-electron chi connectivity index (χ4n) is 0.691. The molecule has 0 amide bonds. The molecule has 0 heterocycles. The van der Waals surface area contributed by atoms with Crippen molar-refractivity contribution in [1.29, 1.82) is 0 Å². The zero-order valence-electron chi connectivity index (χ0n) is 6.89. The standard InChI is InChI=1S/C8H16OSi/c1-5-7-9-10(3,4)8-6-2/h5-6H,1-2,7-8H2,3-4H3. The molecule has 0 rings (SSSR count). The summed E-state index contributed by atoms with van der Waals surface area (Å²) < 4.78 is 5.57. The molecule has 0 fully saturated rings. The van der Waals surface area contributed by atoms with E-state index in [0.717, 1.165) is 6.04 Å². The molecule has 58 valence electrons. The summed E-state index contributed by atoms with van der Waals surface area (Å²) in [5.41, 5.74) is 0. The van der Waals surface area contributed by atoms with Crippen molar-refractivity contribution in [2.75, 3.05) is 6.61 Å². The summed E-state index contributed by atoms with van der Waals surface area (Å²) in [6, 6.07) is 1.01. The molecule has 0 aliphatic heterocycles. The Morgan fingerprint density at radius 3 is 2.30 bits per heavy atom. The Labute approximate surface area is 64.5 Å². The third kappa shape index (κ3) is 4.53. The summed E-state index contributed by atoms with van der Waals surface area (Å²) in [5, 5.41) is 0. The highest BCUT2D eigenvalue weighted by Crippen LogP contribution is 2.10. The molecule has 1 nitrogen and oxygen atoms in total. The van der Waals surface area contributed by atoms with Crippen LogP contribution in [0.25, 0.3) is 0 Å². The van der Waals surface area contributed by atoms with E-state index in [4.69, 9.17) is 4.43 Å². The van der Waals surface area contributed by atoms with Crippen LogP contribution in [-0.2, 0) is 4.43 Å². The Kier molecular flexibility index (Phi) is 4.32. The zero-order valence-corrected chi connectivity index (χ0v) is 7.89. The molecule has 0 saturated carbocycles. The van der Waals surface area contributed by atoms with Crippen LogP contribution in [0.1, 0.15) is 0 Å². The van der Waals surface area contributed by atoms with Crippen LogP contribution in [0.5, 0.6) is 0 Å². The van der Waals surface area contributed by atoms with Crippen molar-refractivity contribution in [2.45, 2.75) is 19.1 Å². The van der Waals surface area contributed by atoms with Gasteiger partial charge in [-0.05, 0) is 19.1 Å². The minimum Gasteiger partial charge on any atom is -0.413 e. The second kappa shape index (κ2) is 4.47. The summed E-state index contributed by atoms with van der Waals surface area (Å²) in [6.45, 7) is 12.3. The topological polar surface area (TPSA) is 9.23 Å². The van der Waals surface area contributed by atoms with Crippen molar-refractivity contribution in [3.63, 3.8) is 0 Å². The second-order valence-electron chi connectivity index (χ2n) is 2.85. The molecule has 0 atom stereocenters. The van der Waals surface area contributed by atoms with Crippen LogP contribution >= 0.6 is 0 Å². The normalized spacial score (nSPS) is 11.0. The van der Waals surface area contributed by atoms with E-state index in [0.29, 0.717) is 6.61 Å². The molecule has 0 bridgehead atoms. The fraction of sp³-hybridized carbons (Fsp3) is 0.500. The Bertz CT molecular complexity index is 118. The molecular formula is C8H16OSi. The number of rotatable bonds is 5. The van der Waals surface area contributed by atoms with E-state index in [1.165, 1.54) is 0 Å². The van der Waals surface area contributed by atoms with Crippen molar-refractivity contribution in [3.05, 3.63) is 25.3 Å². The van der Waals surface area contributed by atoms with Crippen LogP contribution in [0.15, 0.2) is 25.3 Å². The SMILES string of the molecule is C=CCO[Si](C)(C)CC=C. The van der Waals surface area contributed by atoms with Gasteiger partial charge < -0.3 is 4.43 Å². The van der Waals surface area contributed by atoms with Gasteiger partial charge in [-0.2, -0.15) is 0 Å². The first-order valence-corrected chi connectivity index (χ1v) is 6.59. The lowest BCUT2D eigenvalue weighted by Gasteiger charge is -2.19. The first-order chi connectivity index (χ1) is 4.62.